The van der Waals surface area contributed by atoms with E-state index in [1.54, 1.807) is 0 Å². The van der Waals surface area contributed by atoms with Crippen LogP contribution in [-0.2, 0) is 5.41 Å². The lowest BCUT2D eigenvalue weighted by Crippen LogP contribution is -2.32. The topological polar surface area (TPSA) is 35.0 Å². The molecule has 0 amide bonds. The highest BCUT2D eigenvalue weighted by atomic mass is 16.5. The van der Waals surface area contributed by atoms with E-state index >= 15 is 0 Å². The van der Waals surface area contributed by atoms with Crippen molar-refractivity contribution in [1.29, 1.82) is 0 Å². The number of hydrogen-bond donors (Lipinski definition) is 0. The normalized spacial score (nSPS) is 12.8. The van der Waals surface area contributed by atoms with Gasteiger partial charge < -0.3 is 4.74 Å². The molecular formula is C59H38N2O. The van der Waals surface area contributed by atoms with E-state index in [0.717, 1.165) is 78.5 Å². The molecule has 290 valence electrons. The van der Waals surface area contributed by atoms with Crippen molar-refractivity contribution in [2.45, 2.75) is 5.41 Å². The molecule has 0 saturated carbocycles. The SMILES string of the molecule is c1ccc(-c2cc(-c3ccccc3-c3ccccc3)nc(-c3cccc(-c4cccc(-c5ccc6c(c5)Oc5ccccc5C65c6ccccc6-c6ccccc65)c4)c3)n2)cc1. The number of nitrogens with zero attached hydrogens (tertiary/aromatic N) is 2. The number of rotatable bonds is 6. The average Bonchev–Trinajstić information content (AvgIpc) is 3.65. The van der Waals surface area contributed by atoms with Crippen LogP contribution in [0.5, 0.6) is 11.5 Å². The molecule has 0 fully saturated rings. The van der Waals surface area contributed by atoms with Gasteiger partial charge in [-0.05, 0) is 86.0 Å². The minimum atomic E-state index is -0.485. The van der Waals surface area contributed by atoms with Crippen molar-refractivity contribution in [2.75, 3.05) is 0 Å². The summed E-state index contributed by atoms with van der Waals surface area (Å²) in [6, 6.07) is 81.9. The van der Waals surface area contributed by atoms with Gasteiger partial charge in [0.15, 0.2) is 5.82 Å². The zero-order valence-corrected chi connectivity index (χ0v) is 33.7. The van der Waals surface area contributed by atoms with Crippen LogP contribution < -0.4 is 4.74 Å². The summed E-state index contributed by atoms with van der Waals surface area (Å²) in [7, 11) is 0. The second-order valence-electron chi connectivity index (χ2n) is 16.1. The number of aromatic nitrogens is 2. The zero-order valence-electron chi connectivity index (χ0n) is 33.7. The van der Waals surface area contributed by atoms with Crippen LogP contribution in [0, 0.1) is 0 Å². The molecule has 0 saturated heterocycles. The number of benzene rings is 9. The van der Waals surface area contributed by atoms with Crippen LogP contribution >= 0.6 is 0 Å². The first-order valence-electron chi connectivity index (χ1n) is 21.1. The largest absolute Gasteiger partial charge is 0.457 e. The Morgan fingerprint density at radius 3 is 1.42 bits per heavy atom. The van der Waals surface area contributed by atoms with Gasteiger partial charge in [0, 0.05) is 27.8 Å². The van der Waals surface area contributed by atoms with Gasteiger partial charge in [-0.1, -0.05) is 200 Å². The van der Waals surface area contributed by atoms with Gasteiger partial charge in [0.2, 0.25) is 0 Å². The number of fused-ring (bicyclic) bond motifs is 9. The van der Waals surface area contributed by atoms with Gasteiger partial charge in [0.1, 0.15) is 11.5 Å². The van der Waals surface area contributed by atoms with Crippen molar-refractivity contribution in [3.8, 4) is 89.9 Å². The number of ether oxygens (including phenoxy) is 1. The molecule has 0 N–H and O–H groups in total. The molecule has 1 aromatic heterocycles. The molecule has 1 aliphatic heterocycles. The summed E-state index contributed by atoms with van der Waals surface area (Å²) >= 11 is 0. The standard InChI is InChI=1S/C59H38N2O/c1-3-17-39(18-4-1)46-25-7-8-28-49(46)55-38-54(40-19-5-2-6-20-40)60-58(61-55)45-24-16-23-43(36-45)41-21-15-22-42(35-41)44-33-34-53-57(37-44)62-56-32-14-13-31-52(56)59(53)50-29-11-9-26-47(50)48-27-10-12-30-51(48)59/h1-38H. The van der Waals surface area contributed by atoms with Crippen LogP contribution in [-0.4, -0.2) is 9.97 Å². The summed E-state index contributed by atoms with van der Waals surface area (Å²) in [5.74, 6) is 2.44. The monoisotopic (exact) mass is 790 g/mol. The Bertz CT molecular complexity index is 3290. The van der Waals surface area contributed by atoms with Crippen LogP contribution in [0.4, 0.5) is 0 Å². The quantitative estimate of drug-likeness (QED) is 0.168. The van der Waals surface area contributed by atoms with Gasteiger partial charge in [-0.25, -0.2) is 9.97 Å². The molecular weight excluding hydrogens is 753 g/mol. The van der Waals surface area contributed by atoms with E-state index in [2.05, 4.69) is 224 Å². The van der Waals surface area contributed by atoms with E-state index in [-0.39, 0.29) is 0 Å². The molecule has 12 rings (SSSR count). The van der Waals surface area contributed by atoms with Gasteiger partial charge in [0.05, 0.1) is 16.8 Å². The Hall–Kier alpha value is -8.14. The molecule has 3 heteroatoms. The van der Waals surface area contributed by atoms with E-state index in [9.17, 15) is 0 Å². The Morgan fingerprint density at radius 1 is 0.274 bits per heavy atom. The summed E-state index contributed by atoms with van der Waals surface area (Å²) in [5, 5.41) is 0. The third kappa shape index (κ3) is 5.74. The minimum absolute atomic E-state index is 0.485. The molecule has 0 atom stereocenters. The lowest BCUT2D eigenvalue weighted by Gasteiger charge is -2.39. The molecule has 2 aliphatic rings. The van der Waals surface area contributed by atoms with Crippen LogP contribution in [0.1, 0.15) is 22.3 Å². The van der Waals surface area contributed by atoms with Crippen LogP contribution in [0.2, 0.25) is 0 Å². The second kappa shape index (κ2) is 14.5. The maximum Gasteiger partial charge on any atom is 0.160 e. The molecule has 0 bridgehead atoms. The summed E-state index contributed by atoms with van der Waals surface area (Å²) in [6.45, 7) is 0. The lowest BCUT2D eigenvalue weighted by atomic mass is 9.66. The van der Waals surface area contributed by atoms with E-state index in [0.29, 0.717) is 5.82 Å². The van der Waals surface area contributed by atoms with E-state index in [1.165, 1.54) is 27.8 Å². The van der Waals surface area contributed by atoms with Crippen LogP contribution in [0.25, 0.3) is 78.4 Å². The highest BCUT2D eigenvalue weighted by Gasteiger charge is 2.50. The molecule has 62 heavy (non-hydrogen) atoms. The maximum absolute atomic E-state index is 6.84. The van der Waals surface area contributed by atoms with Gasteiger partial charge >= 0.3 is 0 Å². The van der Waals surface area contributed by atoms with Crippen molar-refractivity contribution in [2.24, 2.45) is 0 Å². The molecule has 1 spiro atoms. The van der Waals surface area contributed by atoms with E-state index < -0.39 is 5.41 Å². The fourth-order valence-corrected chi connectivity index (χ4v) is 9.80. The zero-order chi connectivity index (χ0) is 41.0. The Kier molecular flexibility index (Phi) is 8.39. The van der Waals surface area contributed by atoms with Gasteiger partial charge in [-0.2, -0.15) is 0 Å². The Morgan fingerprint density at radius 2 is 0.742 bits per heavy atom. The molecule has 1 aliphatic carbocycles. The number of para-hydroxylation sites is 1. The predicted octanol–water partition coefficient (Wildman–Crippen LogP) is 14.9. The van der Waals surface area contributed by atoms with E-state index in [4.69, 9.17) is 14.7 Å². The Labute approximate surface area is 361 Å². The minimum Gasteiger partial charge on any atom is -0.457 e. The first kappa shape index (κ1) is 35.8. The van der Waals surface area contributed by atoms with Crippen molar-refractivity contribution in [1.82, 2.24) is 9.97 Å². The van der Waals surface area contributed by atoms with Crippen molar-refractivity contribution in [3.63, 3.8) is 0 Å². The lowest BCUT2D eigenvalue weighted by molar-refractivity contribution is 0.436. The third-order valence-corrected chi connectivity index (χ3v) is 12.6. The smallest absolute Gasteiger partial charge is 0.160 e. The van der Waals surface area contributed by atoms with Crippen LogP contribution in [0.15, 0.2) is 231 Å². The first-order valence-corrected chi connectivity index (χ1v) is 21.1. The molecule has 3 nitrogen and oxygen atoms in total. The molecule has 0 unspecified atom stereocenters. The van der Waals surface area contributed by atoms with Gasteiger partial charge in [-0.3, -0.25) is 0 Å². The summed E-state index contributed by atoms with van der Waals surface area (Å²) in [6.07, 6.45) is 0. The number of hydrogen-bond acceptors (Lipinski definition) is 3. The first-order chi connectivity index (χ1) is 30.7. The predicted molar refractivity (Wildman–Crippen MR) is 252 cm³/mol. The molecule has 9 aromatic carbocycles. The Balaban J connectivity index is 0.947. The highest BCUT2D eigenvalue weighted by Crippen LogP contribution is 2.62. The second-order valence-corrected chi connectivity index (χ2v) is 16.1. The van der Waals surface area contributed by atoms with Gasteiger partial charge in [0.25, 0.3) is 0 Å². The van der Waals surface area contributed by atoms with Crippen molar-refractivity contribution < 1.29 is 4.74 Å². The summed E-state index contributed by atoms with van der Waals surface area (Å²) in [5.41, 5.74) is 18.5. The maximum atomic E-state index is 6.84. The van der Waals surface area contributed by atoms with Crippen molar-refractivity contribution >= 4 is 0 Å². The summed E-state index contributed by atoms with van der Waals surface area (Å²) < 4.78 is 6.84. The fourth-order valence-electron chi connectivity index (χ4n) is 9.80. The van der Waals surface area contributed by atoms with Crippen LogP contribution in [0.3, 0.4) is 0 Å². The third-order valence-electron chi connectivity index (χ3n) is 12.6. The van der Waals surface area contributed by atoms with E-state index in [1.807, 2.05) is 6.07 Å². The van der Waals surface area contributed by atoms with Gasteiger partial charge in [-0.15, -0.1) is 0 Å². The summed E-state index contributed by atoms with van der Waals surface area (Å²) in [4.78, 5) is 10.5. The average molecular weight is 791 g/mol. The highest BCUT2D eigenvalue weighted by molar-refractivity contribution is 5.89. The fraction of sp³-hybridized carbons (Fsp3) is 0.0169. The molecule has 0 radical (unpaired) electrons. The molecule has 2 heterocycles. The van der Waals surface area contributed by atoms with Crippen molar-refractivity contribution in [3.05, 3.63) is 253 Å². The molecule has 10 aromatic rings.